The SMILES string of the molecule is CCN1C=C/C(=C\C2=CC(=C(C#N)C#N)c3ccccc32)c2ccccc21. The third-order valence-electron chi connectivity index (χ3n) is 4.93. The van der Waals surface area contributed by atoms with Crippen molar-refractivity contribution in [2.24, 2.45) is 0 Å². The summed E-state index contributed by atoms with van der Waals surface area (Å²) in [6.07, 6.45) is 8.30. The molecule has 0 amide bonds. The van der Waals surface area contributed by atoms with Gasteiger partial charge in [-0.25, -0.2) is 0 Å². The number of para-hydroxylation sites is 1. The van der Waals surface area contributed by atoms with Crippen molar-refractivity contribution in [2.75, 3.05) is 11.4 Å². The number of nitrogens with zero attached hydrogens (tertiary/aromatic N) is 3. The zero-order valence-electron chi connectivity index (χ0n) is 15.0. The zero-order valence-corrected chi connectivity index (χ0v) is 15.0. The second-order valence-electron chi connectivity index (χ2n) is 6.38. The van der Waals surface area contributed by atoms with Gasteiger partial charge in [-0.05, 0) is 53.5 Å². The molecule has 3 nitrogen and oxygen atoms in total. The Kier molecular flexibility index (Phi) is 4.21. The zero-order chi connectivity index (χ0) is 18.8. The standard InChI is InChI=1S/C24H17N3/c1-2-27-12-11-17(21-8-5-6-10-24(21)27)13-18-14-23(19(15-25)16-26)22-9-4-3-7-20(18)22/h3-14H,2H2,1H3/b17-13+. The number of rotatable bonds is 2. The molecule has 0 aromatic heterocycles. The summed E-state index contributed by atoms with van der Waals surface area (Å²) in [5.74, 6) is 0. The van der Waals surface area contributed by atoms with Crippen molar-refractivity contribution in [1.82, 2.24) is 0 Å². The van der Waals surface area contributed by atoms with E-state index in [-0.39, 0.29) is 5.57 Å². The van der Waals surface area contributed by atoms with Crippen LogP contribution in [0.3, 0.4) is 0 Å². The van der Waals surface area contributed by atoms with Crippen LogP contribution >= 0.6 is 0 Å². The fourth-order valence-corrected chi connectivity index (χ4v) is 3.63. The quantitative estimate of drug-likeness (QED) is 0.691. The van der Waals surface area contributed by atoms with E-state index in [1.54, 1.807) is 0 Å². The van der Waals surface area contributed by atoms with E-state index in [0.29, 0.717) is 5.57 Å². The van der Waals surface area contributed by atoms with E-state index in [4.69, 9.17) is 0 Å². The summed E-state index contributed by atoms with van der Waals surface area (Å²) in [5.41, 5.74) is 7.33. The van der Waals surface area contributed by atoms with Gasteiger partial charge in [0.25, 0.3) is 0 Å². The van der Waals surface area contributed by atoms with E-state index in [0.717, 1.165) is 28.8 Å². The first kappa shape index (κ1) is 16.6. The van der Waals surface area contributed by atoms with Crippen molar-refractivity contribution in [1.29, 1.82) is 10.5 Å². The summed E-state index contributed by atoms with van der Waals surface area (Å²) in [7, 11) is 0. The number of benzene rings is 2. The molecule has 1 aliphatic carbocycles. The van der Waals surface area contributed by atoms with Crippen LogP contribution in [0.2, 0.25) is 0 Å². The summed E-state index contributed by atoms with van der Waals surface area (Å²) >= 11 is 0. The van der Waals surface area contributed by atoms with Gasteiger partial charge in [0.05, 0.1) is 0 Å². The molecule has 0 unspecified atom stereocenters. The normalized spacial score (nSPS) is 15.7. The lowest BCUT2D eigenvalue weighted by molar-refractivity contribution is 1.01. The van der Waals surface area contributed by atoms with E-state index < -0.39 is 0 Å². The molecule has 0 spiro atoms. The molecule has 1 heterocycles. The van der Waals surface area contributed by atoms with E-state index in [1.165, 1.54) is 11.3 Å². The summed E-state index contributed by atoms with van der Waals surface area (Å²) in [4.78, 5) is 2.22. The lowest BCUT2D eigenvalue weighted by Crippen LogP contribution is -2.18. The maximum Gasteiger partial charge on any atom is 0.137 e. The summed E-state index contributed by atoms with van der Waals surface area (Å²) < 4.78 is 0. The number of anilines is 1. The number of nitriles is 2. The molecule has 1 aliphatic heterocycles. The Morgan fingerprint density at radius 3 is 2.33 bits per heavy atom. The number of hydrogen-bond donors (Lipinski definition) is 0. The predicted molar refractivity (Wildman–Crippen MR) is 109 cm³/mol. The van der Waals surface area contributed by atoms with E-state index in [9.17, 15) is 10.5 Å². The van der Waals surface area contributed by atoms with Crippen LogP contribution < -0.4 is 4.90 Å². The lowest BCUT2D eigenvalue weighted by atomic mass is 9.96. The number of hydrogen-bond acceptors (Lipinski definition) is 3. The van der Waals surface area contributed by atoms with Crippen molar-refractivity contribution < 1.29 is 0 Å². The predicted octanol–water partition coefficient (Wildman–Crippen LogP) is 5.32. The molecule has 128 valence electrons. The number of fused-ring (bicyclic) bond motifs is 2. The Balaban J connectivity index is 1.88. The van der Waals surface area contributed by atoms with Gasteiger partial charge in [0.2, 0.25) is 0 Å². The van der Waals surface area contributed by atoms with Crippen molar-refractivity contribution in [3.8, 4) is 12.1 Å². The van der Waals surface area contributed by atoms with Crippen molar-refractivity contribution >= 4 is 22.4 Å². The van der Waals surface area contributed by atoms with Gasteiger partial charge in [0.15, 0.2) is 0 Å². The molecule has 2 aromatic rings. The molecule has 0 fully saturated rings. The van der Waals surface area contributed by atoms with Crippen molar-refractivity contribution in [2.45, 2.75) is 6.92 Å². The molecule has 0 radical (unpaired) electrons. The summed E-state index contributed by atoms with van der Waals surface area (Å²) in [6.45, 7) is 3.04. The highest BCUT2D eigenvalue weighted by Crippen LogP contribution is 2.40. The molecule has 3 heteroatoms. The van der Waals surface area contributed by atoms with Gasteiger partial charge in [0.1, 0.15) is 17.7 Å². The largest absolute Gasteiger partial charge is 0.348 e. The maximum atomic E-state index is 9.31. The molecule has 0 N–H and O–H groups in total. The van der Waals surface area contributed by atoms with Gasteiger partial charge in [-0.1, -0.05) is 42.5 Å². The second kappa shape index (κ2) is 6.83. The Morgan fingerprint density at radius 2 is 1.63 bits per heavy atom. The molecular weight excluding hydrogens is 330 g/mol. The van der Waals surface area contributed by atoms with Crippen LogP contribution in [-0.2, 0) is 0 Å². The van der Waals surface area contributed by atoms with E-state index in [1.807, 2.05) is 48.5 Å². The summed E-state index contributed by atoms with van der Waals surface area (Å²) in [5, 5.41) is 18.6. The highest BCUT2D eigenvalue weighted by Gasteiger charge is 2.21. The second-order valence-corrected chi connectivity index (χ2v) is 6.38. The topological polar surface area (TPSA) is 50.8 Å². The fraction of sp³-hybridized carbons (Fsp3) is 0.0833. The van der Waals surface area contributed by atoms with Crippen LogP contribution in [0, 0.1) is 22.7 Å². The van der Waals surface area contributed by atoms with Crippen molar-refractivity contribution in [3.05, 3.63) is 95.2 Å². The first-order valence-corrected chi connectivity index (χ1v) is 8.88. The average Bonchev–Trinajstić information content (AvgIpc) is 3.08. The van der Waals surface area contributed by atoms with Crippen molar-refractivity contribution in [3.63, 3.8) is 0 Å². The molecule has 4 rings (SSSR count). The third-order valence-corrected chi connectivity index (χ3v) is 4.93. The molecule has 0 saturated heterocycles. The van der Waals surface area contributed by atoms with E-state index >= 15 is 0 Å². The molecule has 2 aromatic carbocycles. The third kappa shape index (κ3) is 2.76. The molecular formula is C24H17N3. The van der Waals surface area contributed by atoms with Gasteiger partial charge < -0.3 is 4.90 Å². The molecule has 0 saturated carbocycles. The first-order valence-electron chi connectivity index (χ1n) is 8.88. The van der Waals surface area contributed by atoms with Gasteiger partial charge >= 0.3 is 0 Å². The monoisotopic (exact) mass is 347 g/mol. The molecule has 0 bridgehead atoms. The number of allylic oxidation sites excluding steroid dienone is 7. The average molecular weight is 347 g/mol. The van der Waals surface area contributed by atoms with Crippen LogP contribution in [0.4, 0.5) is 5.69 Å². The lowest BCUT2D eigenvalue weighted by Gasteiger charge is -2.26. The van der Waals surface area contributed by atoms with Gasteiger partial charge in [-0.2, -0.15) is 10.5 Å². The van der Waals surface area contributed by atoms with Crippen LogP contribution in [0.15, 0.2) is 78.5 Å². The highest BCUT2D eigenvalue weighted by molar-refractivity contribution is 6.04. The molecule has 2 aliphatic rings. The Hall–Kier alpha value is -3.82. The minimum Gasteiger partial charge on any atom is -0.348 e. The van der Waals surface area contributed by atoms with Gasteiger partial charge in [-0.3, -0.25) is 0 Å². The van der Waals surface area contributed by atoms with Crippen LogP contribution in [0.1, 0.15) is 23.6 Å². The Bertz CT molecular complexity index is 1110. The maximum absolute atomic E-state index is 9.31. The van der Waals surface area contributed by atoms with Crippen LogP contribution in [-0.4, -0.2) is 6.54 Å². The minimum atomic E-state index is 0.146. The minimum absolute atomic E-state index is 0.146. The Morgan fingerprint density at radius 1 is 0.963 bits per heavy atom. The molecule has 0 atom stereocenters. The highest BCUT2D eigenvalue weighted by atomic mass is 15.1. The first-order chi connectivity index (χ1) is 13.3. The van der Waals surface area contributed by atoms with Crippen LogP contribution in [0.5, 0.6) is 0 Å². The smallest absolute Gasteiger partial charge is 0.137 e. The van der Waals surface area contributed by atoms with Gasteiger partial charge in [0, 0.05) is 29.6 Å². The fourth-order valence-electron chi connectivity index (χ4n) is 3.63. The van der Waals surface area contributed by atoms with E-state index in [2.05, 4.69) is 48.4 Å². The molecule has 27 heavy (non-hydrogen) atoms. The Labute approximate surface area is 159 Å². The summed E-state index contributed by atoms with van der Waals surface area (Å²) in [6, 6.07) is 20.3. The van der Waals surface area contributed by atoms with Gasteiger partial charge in [-0.15, -0.1) is 0 Å². The van der Waals surface area contributed by atoms with Crippen LogP contribution in [0.25, 0.3) is 16.7 Å².